The fourth-order valence-electron chi connectivity index (χ4n) is 4.20. The second-order valence-electron chi connectivity index (χ2n) is 8.34. The van der Waals surface area contributed by atoms with Crippen LogP contribution in [-0.4, -0.2) is 66.3 Å². The lowest BCUT2D eigenvalue weighted by Gasteiger charge is -2.38. The zero-order valence-corrected chi connectivity index (χ0v) is 19.9. The summed E-state index contributed by atoms with van der Waals surface area (Å²) >= 11 is 0. The molecule has 36 heavy (non-hydrogen) atoms. The zero-order chi connectivity index (χ0) is 26.1. The molecule has 1 saturated heterocycles. The van der Waals surface area contributed by atoms with Crippen LogP contribution in [0.3, 0.4) is 0 Å². The van der Waals surface area contributed by atoms with Crippen LogP contribution in [0.4, 0.5) is 4.79 Å². The van der Waals surface area contributed by atoms with Gasteiger partial charge in [-0.1, -0.05) is 30.3 Å². The summed E-state index contributed by atoms with van der Waals surface area (Å²) in [6.07, 6.45) is 4.56. The lowest BCUT2D eigenvalue weighted by atomic mass is 9.85. The molecule has 0 spiro atoms. The van der Waals surface area contributed by atoms with Gasteiger partial charge in [0.05, 0.1) is 31.8 Å². The number of likely N-dealkylation sites (tertiary alicyclic amines) is 1. The molecule has 1 aliphatic heterocycles. The number of nitrogens with one attached hydrogen (secondary N) is 1. The molecule has 192 valence electrons. The van der Waals surface area contributed by atoms with E-state index in [2.05, 4.69) is 5.32 Å². The molecule has 0 aliphatic carbocycles. The number of piperidine rings is 1. The maximum Gasteiger partial charge on any atom is 0.414 e. The van der Waals surface area contributed by atoms with Gasteiger partial charge in [-0.3, -0.25) is 9.59 Å². The van der Waals surface area contributed by atoms with Crippen LogP contribution in [0.2, 0.25) is 0 Å². The van der Waals surface area contributed by atoms with Gasteiger partial charge in [0.25, 0.3) is 12.6 Å². The summed E-state index contributed by atoms with van der Waals surface area (Å²) in [4.78, 5) is 50.6. The van der Waals surface area contributed by atoms with Crippen LogP contribution in [0.1, 0.15) is 41.1 Å². The number of aliphatic hydroxyl groups is 1. The highest BCUT2D eigenvalue weighted by molar-refractivity contribution is 5.95. The Morgan fingerprint density at radius 2 is 1.92 bits per heavy atom. The number of aliphatic carboxylic acids is 1. The van der Waals surface area contributed by atoms with Crippen LogP contribution < -0.4 is 15.0 Å². The number of ether oxygens (including phenoxy) is 2. The number of rotatable bonds is 9. The lowest BCUT2D eigenvalue weighted by molar-refractivity contribution is -0.727. The summed E-state index contributed by atoms with van der Waals surface area (Å²) in [6, 6.07) is 10.1. The fraction of sp³-hybridized carbons (Fsp3) is 0.400. The molecule has 0 saturated carbocycles. The number of hydrogen-bond acceptors (Lipinski definition) is 8. The topological polar surface area (TPSA) is 149 Å². The molecule has 3 atom stereocenters. The van der Waals surface area contributed by atoms with Gasteiger partial charge in [-0.2, -0.15) is 4.57 Å². The van der Waals surface area contributed by atoms with E-state index in [1.807, 2.05) is 30.3 Å². The molecule has 2 aromatic rings. The third-order valence-corrected chi connectivity index (χ3v) is 6.01. The molecule has 1 aliphatic rings. The Hall–Kier alpha value is -3.99. The second kappa shape index (κ2) is 12.6. The van der Waals surface area contributed by atoms with Gasteiger partial charge in [0, 0.05) is 12.6 Å². The highest BCUT2D eigenvalue weighted by Crippen LogP contribution is 2.32. The first-order valence-corrected chi connectivity index (χ1v) is 11.5. The van der Waals surface area contributed by atoms with E-state index in [4.69, 9.17) is 14.6 Å². The number of pyridine rings is 1. The number of aromatic nitrogens is 1. The average Bonchev–Trinajstić information content (AvgIpc) is 2.91. The monoisotopic (exact) mass is 499 g/mol. The van der Waals surface area contributed by atoms with E-state index < -0.39 is 48.5 Å². The highest BCUT2D eigenvalue weighted by atomic mass is 16.6. The van der Waals surface area contributed by atoms with Crippen molar-refractivity contribution in [3.8, 4) is 0 Å². The number of amides is 2. The molecule has 0 unspecified atom stereocenters. The van der Waals surface area contributed by atoms with Crippen molar-refractivity contribution in [2.45, 2.75) is 44.0 Å². The number of carbonyl (C=O) groups excluding carboxylic acids is 4. The molecule has 1 aromatic carbocycles. The third kappa shape index (κ3) is 6.57. The van der Waals surface area contributed by atoms with Gasteiger partial charge in [-0.15, -0.1) is 0 Å². The van der Waals surface area contributed by atoms with Crippen molar-refractivity contribution >= 4 is 23.9 Å². The van der Waals surface area contributed by atoms with Crippen molar-refractivity contribution in [1.29, 1.82) is 0 Å². The Balaban J connectivity index is 1.71. The maximum absolute atomic E-state index is 13.1. The molecular weight excluding hydrogens is 470 g/mol. The van der Waals surface area contributed by atoms with Gasteiger partial charge in [-0.25, -0.2) is 4.79 Å². The summed E-state index contributed by atoms with van der Waals surface area (Å²) in [5.41, 5.74) is 0.846. The van der Waals surface area contributed by atoms with Crippen LogP contribution in [0.15, 0.2) is 54.9 Å². The van der Waals surface area contributed by atoms with E-state index in [1.54, 1.807) is 11.1 Å². The number of carboxylic acid groups (broad SMARTS) is 1. The maximum atomic E-state index is 13.1. The number of carboxylic acids is 1. The van der Waals surface area contributed by atoms with Crippen molar-refractivity contribution < 1.29 is 43.4 Å². The third-order valence-electron chi connectivity index (χ3n) is 6.01. The first-order chi connectivity index (χ1) is 17.3. The van der Waals surface area contributed by atoms with Gasteiger partial charge in [0.2, 0.25) is 0 Å². The van der Waals surface area contributed by atoms with Crippen LogP contribution in [0.25, 0.3) is 0 Å². The largest absolute Gasteiger partial charge is 0.548 e. The van der Waals surface area contributed by atoms with Crippen LogP contribution in [-0.2, 0) is 25.8 Å². The molecule has 1 fully saturated rings. The molecular formula is C25H29N3O8. The van der Waals surface area contributed by atoms with Crippen molar-refractivity contribution in [2.24, 2.45) is 0 Å². The van der Waals surface area contributed by atoms with Crippen LogP contribution in [0.5, 0.6) is 0 Å². The van der Waals surface area contributed by atoms with Gasteiger partial charge >= 0.3 is 12.1 Å². The Morgan fingerprint density at radius 3 is 2.58 bits per heavy atom. The highest BCUT2D eigenvalue weighted by Gasteiger charge is 2.39. The van der Waals surface area contributed by atoms with Crippen LogP contribution in [0, 0.1) is 0 Å². The van der Waals surface area contributed by atoms with Crippen molar-refractivity contribution in [3.05, 3.63) is 66.0 Å². The van der Waals surface area contributed by atoms with Crippen molar-refractivity contribution in [1.82, 2.24) is 10.2 Å². The number of carbonyl (C=O) groups is 4. The van der Waals surface area contributed by atoms with Crippen molar-refractivity contribution in [3.63, 3.8) is 0 Å². The number of nitrogens with zero attached hydrogens (tertiary/aromatic N) is 2. The zero-order valence-electron chi connectivity index (χ0n) is 19.9. The Kier molecular flexibility index (Phi) is 9.34. The second-order valence-corrected chi connectivity index (χ2v) is 8.34. The number of benzene rings is 1. The predicted octanol–water partition coefficient (Wildman–Crippen LogP) is -0.280. The minimum Gasteiger partial charge on any atom is -0.548 e. The molecule has 0 bridgehead atoms. The SMILES string of the molecule is COC(=O)[C@H](c1ccccc1)[C@H]1CCCCN1C(=O)OC[n+]1cccc(C(=O)N[C@@H](CO)C(=O)[O-])c1. The number of methoxy groups -OCH3 is 1. The minimum absolute atomic E-state index is 0.0962. The van der Waals surface area contributed by atoms with E-state index in [-0.39, 0.29) is 12.3 Å². The Morgan fingerprint density at radius 1 is 1.17 bits per heavy atom. The van der Waals surface area contributed by atoms with Crippen molar-refractivity contribution in [2.75, 3.05) is 20.3 Å². The number of esters is 1. The van der Waals surface area contributed by atoms with Crippen LogP contribution >= 0.6 is 0 Å². The fourth-order valence-corrected chi connectivity index (χ4v) is 4.20. The molecule has 11 nitrogen and oxygen atoms in total. The smallest absolute Gasteiger partial charge is 0.414 e. The molecule has 3 rings (SSSR count). The predicted molar refractivity (Wildman–Crippen MR) is 122 cm³/mol. The number of hydrogen-bond donors (Lipinski definition) is 2. The minimum atomic E-state index is -1.61. The summed E-state index contributed by atoms with van der Waals surface area (Å²) in [5.74, 6) is -3.44. The van der Waals surface area contributed by atoms with E-state index in [9.17, 15) is 24.3 Å². The molecule has 2 amide bonds. The van der Waals surface area contributed by atoms with E-state index in [0.29, 0.717) is 13.0 Å². The van der Waals surface area contributed by atoms with Gasteiger partial charge in [0.1, 0.15) is 11.5 Å². The average molecular weight is 500 g/mol. The lowest BCUT2D eigenvalue weighted by Crippen LogP contribution is -2.51. The quantitative estimate of drug-likeness (QED) is 0.353. The van der Waals surface area contributed by atoms with E-state index >= 15 is 0 Å². The van der Waals surface area contributed by atoms with Gasteiger partial charge < -0.3 is 34.7 Å². The first kappa shape index (κ1) is 26.6. The Bertz CT molecular complexity index is 1080. The molecule has 2 N–H and O–H groups in total. The standard InChI is InChI=1S/C25H29N3O8/c1-35-24(33)21(17-8-3-2-4-9-17)20-11-5-6-13-28(20)25(34)36-16-27-12-7-10-18(14-27)22(30)26-19(15-29)23(31)32/h2-4,7-10,12,14,19-21,29H,5-6,11,13,15-16H2,1H3,(H-,26,30,31,32)/t19-,20+,21+/m0/s1. The number of aliphatic hydroxyl groups excluding tert-OH is 1. The molecule has 2 heterocycles. The molecule has 11 heteroatoms. The van der Waals surface area contributed by atoms with E-state index in [1.165, 1.54) is 30.0 Å². The molecule has 0 radical (unpaired) electrons. The first-order valence-electron chi connectivity index (χ1n) is 11.5. The normalized spacial score (nSPS) is 16.9. The summed E-state index contributed by atoms with van der Waals surface area (Å²) in [6.45, 7) is -0.616. The summed E-state index contributed by atoms with van der Waals surface area (Å²) in [5, 5.41) is 22.2. The Labute approximate surface area is 208 Å². The van der Waals surface area contributed by atoms with Gasteiger partial charge in [0.15, 0.2) is 12.4 Å². The molecule has 1 aromatic heterocycles. The van der Waals surface area contributed by atoms with Gasteiger partial charge in [-0.05, 0) is 30.9 Å². The van der Waals surface area contributed by atoms with E-state index in [0.717, 1.165) is 18.4 Å². The summed E-state index contributed by atoms with van der Waals surface area (Å²) in [7, 11) is 1.32. The summed E-state index contributed by atoms with van der Waals surface area (Å²) < 4.78 is 12.0.